The average molecular weight is 418 g/mol. The number of hydrogen-bond acceptors (Lipinski definition) is 3. The van der Waals surface area contributed by atoms with Gasteiger partial charge in [0.2, 0.25) is 0 Å². The fourth-order valence-electron chi connectivity index (χ4n) is 3.35. The number of carbonyl (C=O) groups excluding carboxylic acids is 1. The lowest BCUT2D eigenvalue weighted by atomic mass is 10.1. The number of benzene rings is 2. The molecule has 4 rings (SSSR count). The molecule has 2 aromatic carbocycles. The zero-order valence-electron chi connectivity index (χ0n) is 16.6. The van der Waals surface area contributed by atoms with Crippen molar-refractivity contribution in [3.05, 3.63) is 104 Å². The minimum absolute atomic E-state index is 0.0744. The van der Waals surface area contributed by atoms with E-state index in [4.69, 9.17) is 11.6 Å². The number of halogens is 1. The van der Waals surface area contributed by atoms with E-state index >= 15 is 0 Å². The Morgan fingerprint density at radius 3 is 2.60 bits per heavy atom. The molecule has 30 heavy (non-hydrogen) atoms. The standard InChI is InChI=1S/C24H20ClN3O2/c1-15-5-6-16(2)21(12-15)27-23(29)20-13-18-4-3-11-26-22(18)28(24(20)30)14-17-7-9-19(25)10-8-17/h3-13H,14H2,1-2H3,(H,27,29). The number of pyridine rings is 2. The van der Waals surface area contributed by atoms with E-state index in [1.54, 1.807) is 30.5 Å². The molecule has 0 aliphatic rings. The maximum Gasteiger partial charge on any atom is 0.265 e. The number of hydrogen-bond donors (Lipinski definition) is 1. The van der Waals surface area contributed by atoms with Crippen molar-refractivity contribution in [1.82, 2.24) is 9.55 Å². The van der Waals surface area contributed by atoms with Crippen LogP contribution in [0.2, 0.25) is 5.02 Å². The smallest absolute Gasteiger partial charge is 0.265 e. The van der Waals surface area contributed by atoms with Crippen LogP contribution in [0, 0.1) is 13.8 Å². The van der Waals surface area contributed by atoms with Crippen LogP contribution >= 0.6 is 11.6 Å². The van der Waals surface area contributed by atoms with E-state index in [-0.39, 0.29) is 17.7 Å². The fourth-order valence-corrected chi connectivity index (χ4v) is 3.47. The minimum atomic E-state index is -0.440. The zero-order chi connectivity index (χ0) is 21.3. The highest BCUT2D eigenvalue weighted by Gasteiger charge is 2.17. The van der Waals surface area contributed by atoms with Crippen molar-refractivity contribution in [3.63, 3.8) is 0 Å². The van der Waals surface area contributed by atoms with Crippen molar-refractivity contribution in [2.24, 2.45) is 0 Å². The Hall–Kier alpha value is -3.44. The van der Waals surface area contributed by atoms with Gasteiger partial charge in [0, 0.05) is 22.3 Å². The first-order valence-corrected chi connectivity index (χ1v) is 9.92. The van der Waals surface area contributed by atoms with Crippen LogP contribution in [0.25, 0.3) is 11.0 Å². The van der Waals surface area contributed by atoms with Gasteiger partial charge >= 0.3 is 0 Å². The topological polar surface area (TPSA) is 64.0 Å². The molecule has 1 amide bonds. The van der Waals surface area contributed by atoms with Gasteiger partial charge in [-0.1, -0.05) is 35.9 Å². The third-order valence-electron chi connectivity index (χ3n) is 4.99. The molecular formula is C24H20ClN3O2. The molecule has 2 heterocycles. The number of anilines is 1. The molecule has 1 N–H and O–H groups in total. The maximum atomic E-state index is 13.3. The summed E-state index contributed by atoms with van der Waals surface area (Å²) in [6, 6.07) is 18.3. The second-order valence-electron chi connectivity index (χ2n) is 7.26. The van der Waals surface area contributed by atoms with E-state index in [0.29, 0.717) is 16.4 Å². The molecule has 0 fully saturated rings. The van der Waals surface area contributed by atoms with Crippen molar-refractivity contribution >= 4 is 34.2 Å². The molecule has 0 radical (unpaired) electrons. The predicted octanol–water partition coefficient (Wildman–Crippen LogP) is 4.97. The van der Waals surface area contributed by atoms with Gasteiger partial charge in [-0.05, 0) is 66.9 Å². The predicted molar refractivity (Wildman–Crippen MR) is 120 cm³/mol. The largest absolute Gasteiger partial charge is 0.322 e. The number of carbonyl (C=O) groups is 1. The molecule has 0 aliphatic carbocycles. The van der Waals surface area contributed by atoms with E-state index in [1.807, 2.05) is 50.2 Å². The number of rotatable bonds is 4. The summed E-state index contributed by atoms with van der Waals surface area (Å²) in [6.45, 7) is 4.15. The summed E-state index contributed by atoms with van der Waals surface area (Å²) in [5, 5.41) is 4.22. The van der Waals surface area contributed by atoms with Gasteiger partial charge in [0.1, 0.15) is 11.2 Å². The van der Waals surface area contributed by atoms with Crippen molar-refractivity contribution < 1.29 is 4.79 Å². The number of nitrogens with one attached hydrogen (secondary N) is 1. The van der Waals surface area contributed by atoms with Crippen LogP contribution in [0.1, 0.15) is 27.0 Å². The molecular weight excluding hydrogens is 398 g/mol. The van der Waals surface area contributed by atoms with Gasteiger partial charge < -0.3 is 5.32 Å². The Bertz CT molecular complexity index is 1310. The normalized spacial score (nSPS) is 10.9. The first-order valence-electron chi connectivity index (χ1n) is 9.54. The zero-order valence-corrected chi connectivity index (χ0v) is 17.4. The monoisotopic (exact) mass is 417 g/mol. The van der Waals surface area contributed by atoms with Gasteiger partial charge in [-0.25, -0.2) is 4.98 Å². The van der Waals surface area contributed by atoms with Crippen molar-refractivity contribution in [2.45, 2.75) is 20.4 Å². The molecule has 0 saturated carbocycles. The molecule has 5 nitrogen and oxygen atoms in total. The maximum absolute atomic E-state index is 13.3. The molecule has 0 bridgehead atoms. The van der Waals surface area contributed by atoms with E-state index in [0.717, 1.165) is 22.1 Å². The number of aryl methyl sites for hydroxylation is 2. The molecule has 0 unspecified atom stereocenters. The van der Waals surface area contributed by atoms with Crippen LogP contribution in [-0.2, 0) is 6.54 Å². The van der Waals surface area contributed by atoms with Gasteiger partial charge in [-0.2, -0.15) is 0 Å². The van der Waals surface area contributed by atoms with Gasteiger partial charge in [0.05, 0.1) is 6.54 Å². The SMILES string of the molecule is Cc1ccc(C)c(NC(=O)c2cc3cccnc3n(Cc3ccc(Cl)cc3)c2=O)c1. The highest BCUT2D eigenvalue weighted by molar-refractivity contribution is 6.30. The second kappa shape index (κ2) is 8.13. The van der Waals surface area contributed by atoms with Crippen LogP contribution in [0.5, 0.6) is 0 Å². The fraction of sp³-hybridized carbons (Fsp3) is 0.125. The summed E-state index contributed by atoms with van der Waals surface area (Å²) < 4.78 is 1.52. The quantitative estimate of drug-likeness (QED) is 0.510. The van der Waals surface area contributed by atoms with E-state index in [1.165, 1.54) is 4.57 Å². The van der Waals surface area contributed by atoms with Crippen LogP contribution in [0.15, 0.2) is 71.7 Å². The van der Waals surface area contributed by atoms with Crippen molar-refractivity contribution in [2.75, 3.05) is 5.32 Å². The lowest BCUT2D eigenvalue weighted by Crippen LogP contribution is -2.30. The highest BCUT2D eigenvalue weighted by atomic mass is 35.5. The van der Waals surface area contributed by atoms with Crippen molar-refractivity contribution in [1.29, 1.82) is 0 Å². The Kier molecular flexibility index (Phi) is 5.38. The van der Waals surface area contributed by atoms with Gasteiger partial charge in [0.15, 0.2) is 0 Å². The van der Waals surface area contributed by atoms with Gasteiger partial charge in [0.25, 0.3) is 11.5 Å². The lowest BCUT2D eigenvalue weighted by Gasteiger charge is -2.13. The lowest BCUT2D eigenvalue weighted by molar-refractivity contribution is 0.102. The minimum Gasteiger partial charge on any atom is -0.322 e. The molecule has 0 saturated heterocycles. The second-order valence-corrected chi connectivity index (χ2v) is 7.70. The molecule has 2 aromatic heterocycles. The van der Waals surface area contributed by atoms with Crippen molar-refractivity contribution in [3.8, 4) is 0 Å². The Morgan fingerprint density at radius 1 is 1.07 bits per heavy atom. The summed E-state index contributed by atoms with van der Waals surface area (Å²) in [4.78, 5) is 30.7. The van der Waals surface area contributed by atoms with Crippen LogP contribution < -0.4 is 10.9 Å². The number of nitrogens with zero attached hydrogens (tertiary/aromatic N) is 2. The van der Waals surface area contributed by atoms with E-state index in [9.17, 15) is 9.59 Å². The van der Waals surface area contributed by atoms with Gasteiger partial charge in [-0.3, -0.25) is 14.2 Å². The van der Waals surface area contributed by atoms with Crippen LogP contribution in [0.4, 0.5) is 5.69 Å². The number of amides is 1. The summed E-state index contributed by atoms with van der Waals surface area (Å²) in [5.41, 5.74) is 3.75. The summed E-state index contributed by atoms with van der Waals surface area (Å²) in [6.07, 6.45) is 1.63. The Labute approximate surface area is 179 Å². The highest BCUT2D eigenvalue weighted by Crippen LogP contribution is 2.19. The first kappa shape index (κ1) is 19.9. The Morgan fingerprint density at radius 2 is 1.83 bits per heavy atom. The average Bonchev–Trinajstić information content (AvgIpc) is 2.74. The summed E-state index contributed by atoms with van der Waals surface area (Å²) in [7, 11) is 0. The van der Waals surface area contributed by atoms with Crippen LogP contribution in [-0.4, -0.2) is 15.5 Å². The molecule has 0 atom stereocenters. The Balaban J connectivity index is 1.79. The molecule has 4 aromatic rings. The van der Waals surface area contributed by atoms with E-state index in [2.05, 4.69) is 10.3 Å². The molecule has 0 aliphatic heterocycles. The molecule has 0 spiro atoms. The third kappa shape index (κ3) is 3.98. The van der Waals surface area contributed by atoms with Crippen LogP contribution in [0.3, 0.4) is 0 Å². The molecule has 6 heteroatoms. The van der Waals surface area contributed by atoms with Gasteiger partial charge in [-0.15, -0.1) is 0 Å². The summed E-state index contributed by atoms with van der Waals surface area (Å²) in [5.74, 6) is -0.440. The third-order valence-corrected chi connectivity index (χ3v) is 5.24. The molecule has 150 valence electrons. The number of fused-ring (bicyclic) bond motifs is 1. The van der Waals surface area contributed by atoms with E-state index < -0.39 is 5.91 Å². The first-order chi connectivity index (χ1) is 14.4. The summed E-state index contributed by atoms with van der Waals surface area (Å²) >= 11 is 5.97. The number of aromatic nitrogens is 2.